The number of phenols is 1. The number of esters is 2. The SMILES string of the molecule is COc1cc([C@@H]2c3cc4c(cc3[C@@H](OC(=O)c3cccnc3)[C@H]3COC(=O)[C@H]23)OCO4)cc(OC)c1O. The molecule has 3 aliphatic rings. The minimum atomic E-state index is -0.786. The second-order valence-electron chi connectivity index (χ2n) is 8.97. The Hall–Kier alpha value is -4.47. The van der Waals surface area contributed by atoms with Crippen LogP contribution in [-0.2, 0) is 14.3 Å². The fourth-order valence-corrected chi connectivity index (χ4v) is 5.42. The number of benzene rings is 2. The van der Waals surface area contributed by atoms with E-state index in [1.165, 1.54) is 20.4 Å². The van der Waals surface area contributed by atoms with Crippen LogP contribution in [0.25, 0.3) is 0 Å². The molecule has 1 N–H and O–H groups in total. The van der Waals surface area contributed by atoms with Gasteiger partial charge in [0.05, 0.1) is 32.3 Å². The van der Waals surface area contributed by atoms with Gasteiger partial charge in [0.25, 0.3) is 0 Å². The van der Waals surface area contributed by atoms with Crippen molar-refractivity contribution in [3.63, 3.8) is 0 Å². The maximum atomic E-state index is 13.2. The lowest BCUT2D eigenvalue weighted by Crippen LogP contribution is -2.36. The van der Waals surface area contributed by atoms with Gasteiger partial charge in [0.15, 0.2) is 23.0 Å². The Balaban J connectivity index is 1.53. The molecule has 6 rings (SSSR count). The topological polar surface area (TPSA) is 123 Å². The summed E-state index contributed by atoms with van der Waals surface area (Å²) in [5, 5.41) is 10.5. The summed E-state index contributed by atoms with van der Waals surface area (Å²) in [6.45, 7) is 0.129. The number of carbonyl (C=O) groups excluding carboxylic acids is 2. The molecule has 0 amide bonds. The van der Waals surface area contributed by atoms with Crippen molar-refractivity contribution in [2.24, 2.45) is 11.8 Å². The summed E-state index contributed by atoms with van der Waals surface area (Å²) < 4.78 is 33.6. The van der Waals surface area contributed by atoms with Gasteiger partial charge in [-0.25, -0.2) is 4.79 Å². The Kier molecular flexibility index (Phi) is 5.51. The van der Waals surface area contributed by atoms with Crippen molar-refractivity contribution in [2.45, 2.75) is 12.0 Å². The van der Waals surface area contributed by atoms with Crippen LogP contribution in [0.5, 0.6) is 28.7 Å². The molecule has 4 atom stereocenters. The Morgan fingerprint density at radius 3 is 2.38 bits per heavy atom. The van der Waals surface area contributed by atoms with E-state index in [0.29, 0.717) is 33.8 Å². The van der Waals surface area contributed by atoms with Crippen LogP contribution in [0.2, 0.25) is 0 Å². The highest BCUT2D eigenvalue weighted by molar-refractivity contribution is 5.89. The molecule has 10 heteroatoms. The first-order valence-corrected chi connectivity index (χ1v) is 11.7. The number of methoxy groups -OCH3 is 2. The lowest BCUT2D eigenvalue weighted by atomic mass is 9.66. The Morgan fingerprint density at radius 1 is 1.03 bits per heavy atom. The van der Waals surface area contributed by atoms with Crippen LogP contribution in [0.15, 0.2) is 48.8 Å². The maximum Gasteiger partial charge on any atom is 0.340 e. The highest BCUT2D eigenvalue weighted by Crippen LogP contribution is 2.56. The third kappa shape index (κ3) is 3.67. The molecule has 190 valence electrons. The van der Waals surface area contributed by atoms with Gasteiger partial charge in [-0.15, -0.1) is 0 Å². The molecule has 10 nitrogen and oxygen atoms in total. The summed E-state index contributed by atoms with van der Waals surface area (Å²) in [5.74, 6) is -1.37. The zero-order valence-electron chi connectivity index (χ0n) is 20.0. The third-order valence-corrected chi connectivity index (χ3v) is 7.11. The van der Waals surface area contributed by atoms with E-state index < -0.39 is 35.8 Å². The molecule has 0 bridgehead atoms. The van der Waals surface area contributed by atoms with E-state index in [4.69, 9.17) is 28.4 Å². The molecule has 1 saturated heterocycles. The van der Waals surface area contributed by atoms with Gasteiger partial charge in [0.2, 0.25) is 12.5 Å². The number of fused-ring (bicyclic) bond motifs is 3. The molecule has 3 aromatic rings. The maximum absolute atomic E-state index is 13.2. The van der Waals surface area contributed by atoms with Gasteiger partial charge in [-0.1, -0.05) is 0 Å². The van der Waals surface area contributed by atoms with Gasteiger partial charge in [-0.05, 0) is 47.5 Å². The summed E-state index contributed by atoms with van der Waals surface area (Å²) in [7, 11) is 2.87. The van der Waals surface area contributed by atoms with Crippen molar-refractivity contribution in [1.29, 1.82) is 0 Å². The highest BCUT2D eigenvalue weighted by atomic mass is 16.7. The van der Waals surface area contributed by atoms with Crippen LogP contribution < -0.4 is 18.9 Å². The summed E-state index contributed by atoms with van der Waals surface area (Å²) in [6, 6.07) is 10.2. The van der Waals surface area contributed by atoms with Crippen molar-refractivity contribution in [1.82, 2.24) is 4.98 Å². The number of ether oxygens (including phenoxy) is 6. The van der Waals surface area contributed by atoms with E-state index in [9.17, 15) is 14.7 Å². The van der Waals surface area contributed by atoms with E-state index in [0.717, 1.165) is 0 Å². The van der Waals surface area contributed by atoms with E-state index in [1.807, 2.05) is 0 Å². The number of pyridine rings is 1. The first-order chi connectivity index (χ1) is 18.0. The van der Waals surface area contributed by atoms with E-state index in [2.05, 4.69) is 4.98 Å². The first kappa shape index (κ1) is 23.0. The minimum absolute atomic E-state index is 0.0544. The first-order valence-electron chi connectivity index (χ1n) is 11.7. The largest absolute Gasteiger partial charge is 0.502 e. The van der Waals surface area contributed by atoms with Gasteiger partial charge in [-0.3, -0.25) is 9.78 Å². The van der Waals surface area contributed by atoms with Crippen molar-refractivity contribution in [3.8, 4) is 28.7 Å². The predicted octanol–water partition coefficient (Wildman–Crippen LogP) is 3.37. The number of hydrogen-bond acceptors (Lipinski definition) is 10. The molecule has 3 heterocycles. The van der Waals surface area contributed by atoms with Gasteiger partial charge < -0.3 is 33.5 Å². The summed E-state index contributed by atoms with van der Waals surface area (Å²) in [6.07, 6.45) is 2.21. The van der Waals surface area contributed by atoms with Crippen LogP contribution in [0.4, 0.5) is 0 Å². The molecular weight excluding hydrogens is 482 g/mol. The molecule has 1 aliphatic carbocycles. The molecule has 2 aliphatic heterocycles. The molecule has 2 aromatic carbocycles. The summed E-state index contributed by atoms with van der Waals surface area (Å²) in [5.41, 5.74) is 2.35. The van der Waals surface area contributed by atoms with Crippen molar-refractivity contribution in [3.05, 3.63) is 71.0 Å². The summed E-state index contributed by atoms with van der Waals surface area (Å²) in [4.78, 5) is 30.3. The van der Waals surface area contributed by atoms with Crippen LogP contribution in [-0.4, -0.2) is 49.6 Å². The monoisotopic (exact) mass is 505 g/mol. The average molecular weight is 505 g/mol. The van der Waals surface area contributed by atoms with Gasteiger partial charge in [0.1, 0.15) is 6.10 Å². The third-order valence-electron chi connectivity index (χ3n) is 7.11. The number of cyclic esters (lactones) is 1. The number of hydrogen-bond donors (Lipinski definition) is 1. The lowest BCUT2D eigenvalue weighted by Gasteiger charge is -2.38. The average Bonchev–Trinajstić information content (AvgIpc) is 3.54. The lowest BCUT2D eigenvalue weighted by molar-refractivity contribution is -0.141. The molecule has 0 spiro atoms. The molecule has 1 fully saturated rings. The van der Waals surface area contributed by atoms with Crippen molar-refractivity contribution < 1.29 is 43.1 Å². The van der Waals surface area contributed by atoms with Crippen molar-refractivity contribution in [2.75, 3.05) is 27.6 Å². The standard InChI is InChI=1S/C27H23NO9/c1-32-20-6-14(7-21(33-2)24(20)29)22-15-8-18-19(36-12-35-18)9-16(15)25(17-11-34-27(31)23(17)22)37-26(30)13-4-3-5-28-10-13/h3-10,17,22-23,25,29H,11-12H2,1-2H3/t17-,22+,23-,25+/m0/s1. The zero-order chi connectivity index (χ0) is 25.7. The number of rotatable bonds is 5. The fraction of sp³-hybridized carbons (Fsp3) is 0.296. The van der Waals surface area contributed by atoms with Crippen molar-refractivity contribution >= 4 is 11.9 Å². The number of aromatic nitrogens is 1. The Morgan fingerprint density at radius 2 is 1.73 bits per heavy atom. The van der Waals surface area contributed by atoms with Crippen LogP contribution >= 0.6 is 0 Å². The predicted molar refractivity (Wildman–Crippen MR) is 126 cm³/mol. The molecule has 1 aromatic heterocycles. The number of phenolic OH excluding ortho intramolecular Hbond substituents is 1. The fourth-order valence-electron chi connectivity index (χ4n) is 5.42. The second-order valence-corrected chi connectivity index (χ2v) is 8.97. The zero-order valence-corrected chi connectivity index (χ0v) is 20.0. The molecule has 37 heavy (non-hydrogen) atoms. The minimum Gasteiger partial charge on any atom is -0.502 e. The van der Waals surface area contributed by atoms with E-state index >= 15 is 0 Å². The number of nitrogens with zero attached hydrogens (tertiary/aromatic N) is 1. The van der Waals surface area contributed by atoms with Crippen LogP contribution in [0.1, 0.15) is 39.1 Å². The normalized spacial score (nSPS) is 23.0. The Bertz CT molecular complexity index is 1370. The van der Waals surface area contributed by atoms with E-state index in [-0.39, 0.29) is 30.6 Å². The summed E-state index contributed by atoms with van der Waals surface area (Å²) >= 11 is 0. The molecule has 0 radical (unpaired) electrons. The molecule has 0 saturated carbocycles. The highest BCUT2D eigenvalue weighted by Gasteiger charge is 2.54. The number of carbonyl (C=O) groups is 2. The van der Waals surface area contributed by atoms with E-state index in [1.54, 1.807) is 42.6 Å². The quantitative estimate of drug-likeness (QED) is 0.517. The number of aromatic hydroxyl groups is 1. The van der Waals surface area contributed by atoms with Gasteiger partial charge in [-0.2, -0.15) is 0 Å². The smallest absolute Gasteiger partial charge is 0.340 e. The second kappa shape index (κ2) is 8.88. The van der Waals surface area contributed by atoms with Gasteiger partial charge in [0, 0.05) is 29.8 Å². The molecule has 0 unspecified atom stereocenters. The Labute approximate surface area is 211 Å². The van der Waals surface area contributed by atoms with Crippen LogP contribution in [0.3, 0.4) is 0 Å². The molecular formula is C27H23NO9. The van der Waals surface area contributed by atoms with Crippen LogP contribution in [0, 0.1) is 11.8 Å². The van der Waals surface area contributed by atoms with Gasteiger partial charge >= 0.3 is 11.9 Å².